The van der Waals surface area contributed by atoms with Crippen molar-refractivity contribution < 1.29 is 27.2 Å². The third-order valence-corrected chi connectivity index (χ3v) is 5.01. The molecule has 122 valence electrons. The van der Waals surface area contributed by atoms with E-state index in [1.807, 2.05) is 0 Å². The third kappa shape index (κ3) is 3.08. The Morgan fingerprint density at radius 3 is 2.59 bits per heavy atom. The zero-order chi connectivity index (χ0) is 15.0. The van der Waals surface area contributed by atoms with Crippen LogP contribution in [0.3, 0.4) is 0 Å². The number of carbonyl (C=O) groups is 1. The molecule has 0 spiro atoms. The summed E-state index contributed by atoms with van der Waals surface area (Å²) in [6.45, 7) is 0.0747. The van der Waals surface area contributed by atoms with Gasteiger partial charge in [-0.3, -0.25) is 4.18 Å². The van der Waals surface area contributed by atoms with Crippen LogP contribution < -0.4 is 0 Å². The van der Waals surface area contributed by atoms with Crippen LogP contribution in [-0.4, -0.2) is 49.8 Å². The lowest BCUT2D eigenvalue weighted by molar-refractivity contribution is 0.0545. The van der Waals surface area contributed by atoms with Gasteiger partial charge in [0.15, 0.2) is 0 Å². The summed E-state index contributed by atoms with van der Waals surface area (Å²) in [6.07, 6.45) is -1.04. The normalized spacial score (nSPS) is 27.1. The molecule has 1 amide bonds. The molecule has 1 unspecified atom stereocenters. The minimum absolute atomic E-state index is 0. The number of carbonyl (C=O) groups excluding carboxylic acids is 1. The molecule has 1 fully saturated rings. The lowest BCUT2D eigenvalue weighted by atomic mass is 10.2. The second-order valence-corrected chi connectivity index (χ2v) is 6.67. The monoisotopic (exact) mass is 329 g/mol. The summed E-state index contributed by atoms with van der Waals surface area (Å²) in [5.74, 6) is 0. The summed E-state index contributed by atoms with van der Waals surface area (Å²) >= 11 is 0. The van der Waals surface area contributed by atoms with Crippen LogP contribution in [0, 0.1) is 0 Å². The van der Waals surface area contributed by atoms with Crippen molar-refractivity contribution in [2.75, 3.05) is 13.2 Å². The smallest absolute Gasteiger partial charge is 0.410 e. The Balaban J connectivity index is 0.00000176. The number of rotatable bonds is 0. The van der Waals surface area contributed by atoms with Crippen LogP contribution in [0.4, 0.5) is 4.79 Å². The molecule has 0 saturated carbocycles. The van der Waals surface area contributed by atoms with Gasteiger partial charge in [-0.25, -0.2) is 4.79 Å². The predicted octanol–water partition coefficient (Wildman–Crippen LogP) is 1.11. The minimum Gasteiger partial charge on any atom is -0.445 e. The topological polar surface area (TPSA) is 93.1 Å². The summed E-state index contributed by atoms with van der Waals surface area (Å²) in [7, 11) is -3.90. The zero-order valence-corrected chi connectivity index (χ0v) is 12.0. The second-order valence-electron chi connectivity index (χ2n) is 5.05. The summed E-state index contributed by atoms with van der Waals surface area (Å²) in [6, 6.07) is 5.23. The maximum absolute atomic E-state index is 12.1. The van der Waals surface area contributed by atoms with E-state index < -0.39 is 28.4 Å². The average Bonchev–Trinajstić information content (AvgIpc) is 2.83. The number of benzene rings is 1. The first-order valence-electron chi connectivity index (χ1n) is 6.57. The molecule has 0 aliphatic carbocycles. The first kappa shape index (κ1) is 16.7. The molecule has 3 heterocycles. The molecule has 3 aliphatic heterocycles. The average molecular weight is 329 g/mol. The number of nitrogens with zero attached hydrogens (tertiary/aromatic N) is 1. The van der Waals surface area contributed by atoms with Crippen LogP contribution in [0.2, 0.25) is 0 Å². The maximum atomic E-state index is 12.1. The van der Waals surface area contributed by atoms with E-state index >= 15 is 0 Å². The van der Waals surface area contributed by atoms with Crippen LogP contribution in [0.1, 0.15) is 19.4 Å². The van der Waals surface area contributed by atoms with Gasteiger partial charge in [0, 0.05) is 6.54 Å². The van der Waals surface area contributed by atoms with Crippen LogP contribution in [0.5, 0.6) is 0 Å². The molecule has 0 aromatic heterocycles. The first-order valence-corrected chi connectivity index (χ1v) is 7.98. The van der Waals surface area contributed by atoms with Gasteiger partial charge < -0.3 is 14.7 Å². The Bertz CT molecular complexity index is 642. The van der Waals surface area contributed by atoms with Crippen LogP contribution in [0.15, 0.2) is 29.2 Å². The van der Waals surface area contributed by atoms with Gasteiger partial charge in [0.25, 0.3) is 10.1 Å². The SMILES string of the molecule is C.O=C1OCc2ccc(cc2)S(=O)(=O)OCC2[C@H](O)CCN12. The highest BCUT2D eigenvalue weighted by molar-refractivity contribution is 7.86. The summed E-state index contributed by atoms with van der Waals surface area (Å²) in [5.41, 5.74) is 0.680. The van der Waals surface area contributed by atoms with Gasteiger partial charge in [-0.05, 0) is 24.1 Å². The van der Waals surface area contributed by atoms with E-state index in [9.17, 15) is 18.3 Å². The highest BCUT2D eigenvalue weighted by atomic mass is 32.2. The Labute approximate surface area is 129 Å². The van der Waals surface area contributed by atoms with E-state index in [1.165, 1.54) is 17.0 Å². The molecule has 1 aromatic carbocycles. The summed E-state index contributed by atoms with van der Waals surface area (Å²) in [4.78, 5) is 13.4. The minimum atomic E-state index is -3.90. The number of ether oxygens (including phenoxy) is 1. The number of hydrogen-bond donors (Lipinski definition) is 1. The Kier molecular flexibility index (Phi) is 4.74. The van der Waals surface area contributed by atoms with Gasteiger partial charge >= 0.3 is 6.09 Å². The van der Waals surface area contributed by atoms with Crippen molar-refractivity contribution in [3.8, 4) is 0 Å². The largest absolute Gasteiger partial charge is 0.445 e. The molecule has 4 rings (SSSR count). The Morgan fingerprint density at radius 2 is 1.91 bits per heavy atom. The van der Waals surface area contributed by atoms with Crippen LogP contribution in [0.25, 0.3) is 0 Å². The number of amides is 1. The quantitative estimate of drug-likeness (QED) is 0.717. The van der Waals surface area contributed by atoms with Crippen LogP contribution in [-0.2, 0) is 25.6 Å². The highest BCUT2D eigenvalue weighted by Crippen LogP contribution is 2.23. The molecular formula is C14H19NO6S. The zero-order valence-electron chi connectivity index (χ0n) is 11.1. The van der Waals surface area contributed by atoms with Crippen molar-refractivity contribution in [2.45, 2.75) is 37.5 Å². The third-order valence-electron chi connectivity index (χ3n) is 3.71. The second kappa shape index (κ2) is 6.23. The van der Waals surface area contributed by atoms with E-state index in [2.05, 4.69) is 0 Å². The molecule has 2 bridgehead atoms. The molecule has 8 heteroatoms. The van der Waals surface area contributed by atoms with E-state index in [4.69, 9.17) is 8.92 Å². The molecule has 1 N–H and O–H groups in total. The predicted molar refractivity (Wildman–Crippen MR) is 77.6 cm³/mol. The van der Waals surface area contributed by atoms with Gasteiger partial charge in [-0.1, -0.05) is 19.6 Å². The number of aliphatic hydroxyl groups is 1. The molecule has 2 atom stereocenters. The fourth-order valence-corrected chi connectivity index (χ4v) is 3.40. The van der Waals surface area contributed by atoms with E-state index in [1.54, 1.807) is 12.1 Å². The molecule has 3 aliphatic rings. The van der Waals surface area contributed by atoms with Crippen molar-refractivity contribution in [3.05, 3.63) is 29.8 Å². The van der Waals surface area contributed by atoms with Crippen LogP contribution >= 0.6 is 0 Å². The Morgan fingerprint density at radius 1 is 1.23 bits per heavy atom. The number of hydrogen-bond acceptors (Lipinski definition) is 6. The lowest BCUT2D eigenvalue weighted by Gasteiger charge is -2.25. The van der Waals surface area contributed by atoms with Gasteiger partial charge in [0.05, 0.1) is 23.6 Å². The van der Waals surface area contributed by atoms with Crippen molar-refractivity contribution in [3.63, 3.8) is 0 Å². The first-order chi connectivity index (χ1) is 9.97. The summed E-state index contributed by atoms with van der Waals surface area (Å²) in [5, 5.41) is 9.88. The molecular weight excluding hydrogens is 310 g/mol. The van der Waals surface area contributed by atoms with Gasteiger partial charge in [0.2, 0.25) is 0 Å². The fraction of sp³-hybridized carbons (Fsp3) is 0.500. The Hall–Kier alpha value is -1.64. The molecule has 1 saturated heterocycles. The summed E-state index contributed by atoms with van der Waals surface area (Å²) < 4.78 is 34.3. The number of aliphatic hydroxyl groups excluding tert-OH is 1. The molecule has 7 nitrogen and oxygen atoms in total. The highest BCUT2D eigenvalue weighted by Gasteiger charge is 2.38. The standard InChI is InChI=1S/C13H15NO6S.CH4/c15-12-5-6-14-11(12)8-20-21(17,18)10-3-1-9(2-4-10)7-19-13(14)16;/h1-4,11-12,15H,5-8H2;1H4/t11?,12-;/m1./s1. The maximum Gasteiger partial charge on any atom is 0.410 e. The van der Waals surface area contributed by atoms with E-state index in [0.717, 1.165) is 0 Å². The lowest BCUT2D eigenvalue weighted by Crippen LogP contribution is -2.43. The van der Waals surface area contributed by atoms with Gasteiger partial charge in [0.1, 0.15) is 6.61 Å². The molecule has 0 radical (unpaired) electrons. The van der Waals surface area contributed by atoms with Gasteiger partial charge in [-0.15, -0.1) is 0 Å². The number of fused-ring (bicyclic) bond motifs is 6. The van der Waals surface area contributed by atoms with Crippen molar-refractivity contribution in [2.24, 2.45) is 0 Å². The van der Waals surface area contributed by atoms with Crippen molar-refractivity contribution in [1.82, 2.24) is 4.90 Å². The van der Waals surface area contributed by atoms with Gasteiger partial charge in [-0.2, -0.15) is 8.42 Å². The van der Waals surface area contributed by atoms with Crippen molar-refractivity contribution >= 4 is 16.2 Å². The molecule has 22 heavy (non-hydrogen) atoms. The van der Waals surface area contributed by atoms with E-state index in [0.29, 0.717) is 18.5 Å². The van der Waals surface area contributed by atoms with Crippen molar-refractivity contribution in [1.29, 1.82) is 0 Å². The fourth-order valence-electron chi connectivity index (χ4n) is 2.47. The molecule has 1 aromatic rings. The van der Waals surface area contributed by atoms with E-state index in [-0.39, 0.29) is 25.5 Å².